The molecule has 1 aromatic heterocycles. The summed E-state index contributed by atoms with van der Waals surface area (Å²) in [6.07, 6.45) is 1.82. The van der Waals surface area contributed by atoms with Crippen molar-refractivity contribution >= 4 is 17.6 Å². The van der Waals surface area contributed by atoms with E-state index < -0.39 is 0 Å². The zero-order valence-electron chi connectivity index (χ0n) is 13.8. The van der Waals surface area contributed by atoms with Gasteiger partial charge >= 0.3 is 0 Å². The number of benzene rings is 2. The zero-order valence-corrected chi connectivity index (χ0v) is 14.6. The van der Waals surface area contributed by atoms with Gasteiger partial charge in [-0.3, -0.25) is 4.99 Å². The van der Waals surface area contributed by atoms with Crippen LogP contribution >= 0.6 is 11.3 Å². The summed E-state index contributed by atoms with van der Waals surface area (Å²) < 4.78 is 12.7. The van der Waals surface area contributed by atoms with Gasteiger partial charge in [0.05, 0.1) is 11.9 Å². The molecule has 3 aromatic rings. The van der Waals surface area contributed by atoms with E-state index in [0.29, 0.717) is 6.54 Å². The number of aromatic nitrogens is 1. The lowest BCUT2D eigenvalue weighted by atomic mass is 10.2. The summed E-state index contributed by atoms with van der Waals surface area (Å²) in [4.78, 5) is 5.42. The van der Waals surface area contributed by atoms with Crippen LogP contribution in [0.25, 0.3) is 11.3 Å². The number of hydrogen-bond donors (Lipinski definition) is 0. The molecule has 0 aliphatic carbocycles. The van der Waals surface area contributed by atoms with Gasteiger partial charge in [0.15, 0.2) is 11.5 Å². The Bertz CT molecular complexity index is 974. The molecule has 1 aliphatic heterocycles. The molecule has 0 radical (unpaired) electrons. The summed E-state index contributed by atoms with van der Waals surface area (Å²) in [5.41, 5.74) is 3.08. The number of thiazole rings is 1. The molecule has 6 heteroatoms. The average molecular weight is 351 g/mol. The van der Waals surface area contributed by atoms with Gasteiger partial charge < -0.3 is 9.47 Å². The molecule has 0 atom stereocenters. The van der Waals surface area contributed by atoms with Crippen LogP contribution in [0.4, 0.5) is 0 Å². The van der Waals surface area contributed by atoms with Crippen LogP contribution in [0.1, 0.15) is 12.5 Å². The van der Waals surface area contributed by atoms with Gasteiger partial charge in [0.25, 0.3) is 0 Å². The molecule has 0 fully saturated rings. The first-order chi connectivity index (χ1) is 12.3. The maximum Gasteiger partial charge on any atom is 0.231 e. The molecule has 2 heterocycles. The van der Waals surface area contributed by atoms with Crippen LogP contribution in [0.5, 0.6) is 11.5 Å². The standard InChI is InChI=1S/C19H17N3O2S/c1-2-20-19-22(16(12-25-19)15-6-4-3-5-7-15)21-11-14-8-9-17-18(10-14)24-13-23-17/h3-12H,2,13H2,1H3/b20-19?,21-11-. The van der Waals surface area contributed by atoms with Crippen molar-refractivity contribution in [2.24, 2.45) is 10.1 Å². The van der Waals surface area contributed by atoms with E-state index in [1.54, 1.807) is 11.3 Å². The van der Waals surface area contributed by atoms with E-state index in [1.165, 1.54) is 0 Å². The largest absolute Gasteiger partial charge is 0.454 e. The van der Waals surface area contributed by atoms with Crippen molar-refractivity contribution < 1.29 is 9.47 Å². The third kappa shape index (κ3) is 3.21. The molecule has 0 spiro atoms. The summed E-state index contributed by atoms with van der Waals surface area (Å²) in [6.45, 7) is 3.01. The van der Waals surface area contributed by atoms with Crippen LogP contribution < -0.4 is 14.3 Å². The number of fused-ring (bicyclic) bond motifs is 1. The van der Waals surface area contributed by atoms with Gasteiger partial charge in [-0.1, -0.05) is 30.3 Å². The minimum absolute atomic E-state index is 0.271. The molecule has 0 N–H and O–H groups in total. The third-order valence-corrected chi connectivity index (χ3v) is 4.62. The SMILES string of the molecule is CCN=c1scc(-c2ccccc2)n1/N=C\c1ccc2c(c1)OCO2. The Morgan fingerprint density at radius 1 is 1.12 bits per heavy atom. The van der Waals surface area contributed by atoms with Crippen molar-refractivity contribution in [3.63, 3.8) is 0 Å². The van der Waals surface area contributed by atoms with Gasteiger partial charge in [-0.05, 0) is 30.7 Å². The Hall–Kier alpha value is -2.86. The summed E-state index contributed by atoms with van der Waals surface area (Å²) in [7, 11) is 0. The van der Waals surface area contributed by atoms with Gasteiger partial charge in [0.2, 0.25) is 11.6 Å². The number of rotatable bonds is 4. The second-order valence-electron chi connectivity index (χ2n) is 5.41. The highest BCUT2D eigenvalue weighted by Crippen LogP contribution is 2.32. The molecule has 126 valence electrons. The van der Waals surface area contributed by atoms with Gasteiger partial charge in [-0.15, -0.1) is 11.3 Å². The molecule has 2 aromatic carbocycles. The van der Waals surface area contributed by atoms with E-state index in [4.69, 9.17) is 9.47 Å². The number of ether oxygens (including phenoxy) is 2. The highest BCUT2D eigenvalue weighted by Gasteiger charge is 2.12. The number of nitrogens with zero attached hydrogens (tertiary/aromatic N) is 3. The average Bonchev–Trinajstić information content (AvgIpc) is 3.27. The molecule has 1 aliphatic rings. The predicted molar refractivity (Wildman–Crippen MR) is 99.4 cm³/mol. The minimum atomic E-state index is 0.271. The quantitative estimate of drug-likeness (QED) is 0.672. The molecular weight excluding hydrogens is 334 g/mol. The van der Waals surface area contributed by atoms with Gasteiger partial charge in [-0.2, -0.15) is 5.10 Å². The Balaban J connectivity index is 1.74. The van der Waals surface area contributed by atoms with Crippen LogP contribution in [-0.2, 0) is 0 Å². The molecule has 0 saturated heterocycles. The Morgan fingerprint density at radius 3 is 2.80 bits per heavy atom. The molecule has 4 rings (SSSR count). The summed E-state index contributed by atoms with van der Waals surface area (Å²) in [5, 5.41) is 6.75. The van der Waals surface area contributed by atoms with E-state index in [0.717, 1.165) is 33.1 Å². The van der Waals surface area contributed by atoms with Crippen molar-refractivity contribution in [1.82, 2.24) is 4.68 Å². The maximum absolute atomic E-state index is 5.42. The molecule has 5 nitrogen and oxygen atoms in total. The van der Waals surface area contributed by atoms with Crippen molar-refractivity contribution in [3.05, 3.63) is 64.3 Å². The molecule has 0 saturated carbocycles. The van der Waals surface area contributed by atoms with Crippen LogP contribution in [0.15, 0.2) is 64.0 Å². The lowest BCUT2D eigenvalue weighted by molar-refractivity contribution is 0.174. The summed E-state index contributed by atoms with van der Waals surface area (Å²) in [6, 6.07) is 16.0. The maximum atomic E-state index is 5.42. The summed E-state index contributed by atoms with van der Waals surface area (Å²) in [5.74, 6) is 1.52. The van der Waals surface area contributed by atoms with Crippen molar-refractivity contribution in [2.75, 3.05) is 13.3 Å². The first kappa shape index (κ1) is 15.7. The van der Waals surface area contributed by atoms with Crippen LogP contribution in [0.3, 0.4) is 0 Å². The van der Waals surface area contributed by atoms with Gasteiger partial charge in [0.1, 0.15) is 0 Å². The monoisotopic (exact) mass is 351 g/mol. The predicted octanol–water partition coefficient (Wildman–Crippen LogP) is 3.75. The Morgan fingerprint density at radius 2 is 1.96 bits per heavy atom. The van der Waals surface area contributed by atoms with E-state index in [1.807, 2.05) is 54.2 Å². The third-order valence-electron chi connectivity index (χ3n) is 3.77. The second-order valence-corrected chi connectivity index (χ2v) is 6.25. The fourth-order valence-electron chi connectivity index (χ4n) is 2.58. The van der Waals surface area contributed by atoms with E-state index in [9.17, 15) is 0 Å². The Kier molecular flexibility index (Phi) is 4.35. The summed E-state index contributed by atoms with van der Waals surface area (Å²) >= 11 is 1.59. The van der Waals surface area contributed by atoms with Crippen LogP contribution in [0.2, 0.25) is 0 Å². The fourth-order valence-corrected chi connectivity index (χ4v) is 3.48. The highest BCUT2D eigenvalue weighted by molar-refractivity contribution is 7.07. The highest BCUT2D eigenvalue weighted by atomic mass is 32.1. The van der Waals surface area contributed by atoms with E-state index in [-0.39, 0.29) is 6.79 Å². The van der Waals surface area contributed by atoms with E-state index >= 15 is 0 Å². The number of hydrogen-bond acceptors (Lipinski definition) is 5. The molecular formula is C19H17N3O2S. The fraction of sp³-hybridized carbons (Fsp3) is 0.158. The van der Waals surface area contributed by atoms with Crippen molar-refractivity contribution in [1.29, 1.82) is 0 Å². The van der Waals surface area contributed by atoms with Crippen LogP contribution in [-0.4, -0.2) is 24.2 Å². The normalized spacial score (nSPS) is 13.7. The second kappa shape index (κ2) is 6.94. The molecule has 0 bridgehead atoms. The van der Waals surface area contributed by atoms with Crippen molar-refractivity contribution in [2.45, 2.75) is 6.92 Å². The molecule has 0 amide bonds. The minimum Gasteiger partial charge on any atom is -0.454 e. The smallest absolute Gasteiger partial charge is 0.231 e. The topological polar surface area (TPSA) is 48.1 Å². The zero-order chi connectivity index (χ0) is 17.1. The molecule has 25 heavy (non-hydrogen) atoms. The first-order valence-electron chi connectivity index (χ1n) is 8.05. The lowest BCUT2D eigenvalue weighted by Crippen LogP contribution is -2.12. The first-order valence-corrected chi connectivity index (χ1v) is 8.93. The van der Waals surface area contributed by atoms with E-state index in [2.05, 4.69) is 27.6 Å². The van der Waals surface area contributed by atoms with Crippen LogP contribution in [0, 0.1) is 0 Å². The Labute approximate surface area is 149 Å². The lowest BCUT2D eigenvalue weighted by Gasteiger charge is -2.03. The van der Waals surface area contributed by atoms with Crippen molar-refractivity contribution in [3.8, 4) is 22.8 Å². The molecule has 0 unspecified atom stereocenters. The van der Waals surface area contributed by atoms with Gasteiger partial charge in [0, 0.05) is 17.5 Å². The van der Waals surface area contributed by atoms with Gasteiger partial charge in [-0.25, -0.2) is 4.68 Å².